The van der Waals surface area contributed by atoms with Crippen LogP contribution in [0.25, 0.3) is 0 Å². The monoisotopic (exact) mass is 360 g/mol. The molecule has 0 saturated carbocycles. The van der Waals surface area contributed by atoms with E-state index in [2.05, 4.69) is 34.7 Å². The fraction of sp³-hybridized carbons (Fsp3) is 0.444. The molecule has 0 aliphatic rings. The standard InChI is InChI=1S/C18H24N4O2S/c1-4-5-6-15(23)19-14-9-7-13(8-10-14)17(24)20-18-22-21-16(25-18)11-12(2)3/h7-10,12H,4-6,11H2,1-3H3,(H,19,23)(H,20,22,24). The predicted octanol–water partition coefficient (Wildman–Crippen LogP) is 4.12. The second kappa shape index (κ2) is 9.27. The summed E-state index contributed by atoms with van der Waals surface area (Å²) < 4.78 is 0. The van der Waals surface area contributed by atoms with Crippen molar-refractivity contribution in [1.29, 1.82) is 0 Å². The second-order valence-electron chi connectivity index (χ2n) is 6.28. The summed E-state index contributed by atoms with van der Waals surface area (Å²) in [6, 6.07) is 6.81. The molecule has 1 aromatic carbocycles. The fourth-order valence-corrected chi connectivity index (χ4v) is 3.12. The lowest BCUT2D eigenvalue weighted by Gasteiger charge is -2.06. The number of amides is 2. The number of unbranched alkanes of at least 4 members (excludes halogenated alkanes) is 1. The molecule has 0 fully saturated rings. The van der Waals surface area contributed by atoms with Crippen molar-refractivity contribution in [2.75, 3.05) is 10.6 Å². The van der Waals surface area contributed by atoms with Crippen molar-refractivity contribution in [3.8, 4) is 0 Å². The van der Waals surface area contributed by atoms with E-state index < -0.39 is 0 Å². The van der Waals surface area contributed by atoms with Gasteiger partial charge in [0.2, 0.25) is 11.0 Å². The van der Waals surface area contributed by atoms with Crippen LogP contribution in [-0.4, -0.2) is 22.0 Å². The molecule has 25 heavy (non-hydrogen) atoms. The topological polar surface area (TPSA) is 84.0 Å². The number of carbonyl (C=O) groups excluding carboxylic acids is 2. The number of benzene rings is 1. The average molecular weight is 360 g/mol. The number of rotatable bonds is 8. The van der Waals surface area contributed by atoms with Crippen LogP contribution in [0.15, 0.2) is 24.3 Å². The van der Waals surface area contributed by atoms with Crippen molar-refractivity contribution in [1.82, 2.24) is 10.2 Å². The zero-order chi connectivity index (χ0) is 18.2. The van der Waals surface area contributed by atoms with Crippen LogP contribution >= 0.6 is 11.3 Å². The molecule has 0 saturated heterocycles. The molecular formula is C18H24N4O2S. The first-order valence-corrected chi connectivity index (χ1v) is 9.33. The Morgan fingerprint density at radius 3 is 2.48 bits per heavy atom. The van der Waals surface area contributed by atoms with Gasteiger partial charge in [-0.3, -0.25) is 14.9 Å². The minimum Gasteiger partial charge on any atom is -0.326 e. The molecule has 1 heterocycles. The smallest absolute Gasteiger partial charge is 0.257 e. The molecular weight excluding hydrogens is 336 g/mol. The Labute approximate surface area is 152 Å². The number of hydrogen-bond donors (Lipinski definition) is 2. The Hall–Kier alpha value is -2.28. The van der Waals surface area contributed by atoms with Crippen molar-refractivity contribution in [2.24, 2.45) is 5.92 Å². The number of nitrogens with zero attached hydrogens (tertiary/aromatic N) is 2. The van der Waals surface area contributed by atoms with E-state index in [0.717, 1.165) is 24.3 Å². The molecule has 6 nitrogen and oxygen atoms in total. The van der Waals surface area contributed by atoms with E-state index in [4.69, 9.17) is 0 Å². The Kier molecular flexibility index (Phi) is 7.06. The summed E-state index contributed by atoms with van der Waals surface area (Å²) >= 11 is 1.39. The third-order valence-corrected chi connectivity index (χ3v) is 4.32. The van der Waals surface area contributed by atoms with E-state index in [1.165, 1.54) is 11.3 Å². The Morgan fingerprint density at radius 1 is 1.12 bits per heavy atom. The molecule has 0 unspecified atom stereocenters. The fourth-order valence-electron chi connectivity index (χ4n) is 2.17. The van der Waals surface area contributed by atoms with Gasteiger partial charge in [-0.05, 0) is 36.6 Å². The first-order valence-electron chi connectivity index (χ1n) is 8.51. The van der Waals surface area contributed by atoms with Gasteiger partial charge in [0.25, 0.3) is 5.91 Å². The van der Waals surface area contributed by atoms with Gasteiger partial charge in [-0.2, -0.15) is 0 Å². The molecule has 0 aliphatic carbocycles. The molecule has 0 radical (unpaired) electrons. The molecule has 2 amide bonds. The maximum absolute atomic E-state index is 12.3. The van der Waals surface area contributed by atoms with Crippen LogP contribution < -0.4 is 10.6 Å². The van der Waals surface area contributed by atoms with E-state index in [9.17, 15) is 9.59 Å². The summed E-state index contributed by atoms with van der Waals surface area (Å²) in [7, 11) is 0. The largest absolute Gasteiger partial charge is 0.326 e. The van der Waals surface area contributed by atoms with Gasteiger partial charge in [0.15, 0.2) is 0 Å². The Balaban J connectivity index is 1.91. The molecule has 134 valence electrons. The van der Waals surface area contributed by atoms with Gasteiger partial charge in [0, 0.05) is 24.1 Å². The van der Waals surface area contributed by atoms with E-state index in [1.54, 1.807) is 24.3 Å². The maximum atomic E-state index is 12.3. The van der Waals surface area contributed by atoms with Gasteiger partial charge >= 0.3 is 0 Å². The number of aromatic nitrogens is 2. The van der Waals surface area contributed by atoms with Crippen molar-refractivity contribution in [3.05, 3.63) is 34.8 Å². The molecule has 0 aliphatic heterocycles. The lowest BCUT2D eigenvalue weighted by molar-refractivity contribution is -0.116. The number of hydrogen-bond acceptors (Lipinski definition) is 5. The van der Waals surface area contributed by atoms with E-state index in [-0.39, 0.29) is 11.8 Å². The van der Waals surface area contributed by atoms with Gasteiger partial charge in [-0.1, -0.05) is 38.5 Å². The van der Waals surface area contributed by atoms with Crippen LogP contribution in [0.5, 0.6) is 0 Å². The molecule has 2 N–H and O–H groups in total. The van der Waals surface area contributed by atoms with Crippen LogP contribution in [0.4, 0.5) is 10.8 Å². The quantitative estimate of drug-likeness (QED) is 0.742. The molecule has 7 heteroatoms. The summed E-state index contributed by atoms with van der Waals surface area (Å²) in [4.78, 5) is 24.0. The van der Waals surface area contributed by atoms with Crippen molar-refractivity contribution >= 4 is 34.0 Å². The predicted molar refractivity (Wildman–Crippen MR) is 101 cm³/mol. The summed E-state index contributed by atoms with van der Waals surface area (Å²) in [5, 5.41) is 15.1. The average Bonchev–Trinajstić information content (AvgIpc) is 2.99. The van der Waals surface area contributed by atoms with Gasteiger partial charge < -0.3 is 5.32 Å². The molecule has 0 spiro atoms. The van der Waals surface area contributed by atoms with E-state index >= 15 is 0 Å². The lowest BCUT2D eigenvalue weighted by Crippen LogP contribution is -2.13. The first-order chi connectivity index (χ1) is 12.0. The van der Waals surface area contributed by atoms with Crippen molar-refractivity contribution in [3.63, 3.8) is 0 Å². The molecule has 1 aromatic heterocycles. The Bertz CT molecular complexity index is 710. The number of carbonyl (C=O) groups is 2. The zero-order valence-electron chi connectivity index (χ0n) is 14.8. The number of anilines is 2. The van der Waals surface area contributed by atoms with E-state index in [1.807, 2.05) is 6.92 Å². The van der Waals surface area contributed by atoms with Crippen LogP contribution in [0.2, 0.25) is 0 Å². The zero-order valence-corrected chi connectivity index (χ0v) is 15.7. The minimum absolute atomic E-state index is 0.00871. The van der Waals surface area contributed by atoms with Crippen LogP contribution in [-0.2, 0) is 11.2 Å². The van der Waals surface area contributed by atoms with Crippen LogP contribution in [0, 0.1) is 5.92 Å². The molecule has 2 rings (SSSR count). The highest BCUT2D eigenvalue weighted by molar-refractivity contribution is 7.15. The summed E-state index contributed by atoms with van der Waals surface area (Å²) in [6.45, 7) is 6.27. The van der Waals surface area contributed by atoms with Crippen LogP contribution in [0.3, 0.4) is 0 Å². The summed E-state index contributed by atoms with van der Waals surface area (Å²) in [5.41, 5.74) is 1.19. The molecule has 0 bridgehead atoms. The SMILES string of the molecule is CCCCC(=O)Nc1ccc(C(=O)Nc2nnc(CC(C)C)s2)cc1. The normalized spacial score (nSPS) is 10.7. The van der Waals surface area contributed by atoms with E-state index in [0.29, 0.717) is 28.7 Å². The maximum Gasteiger partial charge on any atom is 0.257 e. The van der Waals surface area contributed by atoms with Crippen molar-refractivity contribution in [2.45, 2.75) is 46.5 Å². The first kappa shape index (κ1) is 19.1. The van der Waals surface area contributed by atoms with Crippen molar-refractivity contribution < 1.29 is 9.59 Å². The highest BCUT2D eigenvalue weighted by atomic mass is 32.1. The molecule has 2 aromatic rings. The highest BCUT2D eigenvalue weighted by Gasteiger charge is 2.11. The van der Waals surface area contributed by atoms with Gasteiger partial charge in [-0.25, -0.2) is 0 Å². The third kappa shape index (κ3) is 6.26. The molecule has 0 atom stereocenters. The lowest BCUT2D eigenvalue weighted by atomic mass is 10.1. The second-order valence-corrected chi connectivity index (χ2v) is 7.34. The van der Waals surface area contributed by atoms with Gasteiger partial charge in [0.1, 0.15) is 5.01 Å². The van der Waals surface area contributed by atoms with Gasteiger partial charge in [-0.15, -0.1) is 10.2 Å². The Morgan fingerprint density at radius 2 is 1.84 bits per heavy atom. The highest BCUT2D eigenvalue weighted by Crippen LogP contribution is 2.19. The van der Waals surface area contributed by atoms with Crippen LogP contribution in [0.1, 0.15) is 55.4 Å². The summed E-state index contributed by atoms with van der Waals surface area (Å²) in [5.74, 6) is 0.248. The summed E-state index contributed by atoms with van der Waals surface area (Å²) in [6.07, 6.45) is 3.21. The number of nitrogens with one attached hydrogen (secondary N) is 2. The minimum atomic E-state index is -0.240. The third-order valence-electron chi connectivity index (χ3n) is 3.46. The van der Waals surface area contributed by atoms with Gasteiger partial charge in [0.05, 0.1) is 0 Å².